The van der Waals surface area contributed by atoms with Crippen LogP contribution in [0.5, 0.6) is 0 Å². The van der Waals surface area contributed by atoms with Gasteiger partial charge in [0.25, 0.3) is 0 Å². The number of carbonyl (C=O) groups excluding carboxylic acids is 1. The van der Waals surface area contributed by atoms with Gasteiger partial charge in [0, 0.05) is 11.6 Å². The molecule has 0 aromatic rings. The second-order valence-corrected chi connectivity index (χ2v) is 10.6. The van der Waals surface area contributed by atoms with Crippen LogP contribution in [0.25, 0.3) is 0 Å². The fourth-order valence-electron chi connectivity index (χ4n) is 2.82. The van der Waals surface area contributed by atoms with Crippen LogP contribution in [0.15, 0.2) is 0 Å². The largest absolute Gasteiger partial charge is 0.326 e. The monoisotopic (exact) mass is 327 g/mol. The van der Waals surface area contributed by atoms with Gasteiger partial charge in [-0.2, -0.15) is 0 Å². The summed E-state index contributed by atoms with van der Waals surface area (Å²) in [5.41, 5.74) is 11.5. The molecule has 0 spiro atoms. The number of Topliss-reactive ketones (excluding diaryl/α,β-unsaturated/α-hetero) is 1. The van der Waals surface area contributed by atoms with E-state index in [0.717, 1.165) is 6.42 Å². The van der Waals surface area contributed by atoms with E-state index in [1.165, 1.54) is 0 Å². The second-order valence-electron chi connectivity index (χ2n) is 10.6. The van der Waals surface area contributed by atoms with Gasteiger partial charge < -0.3 is 16.8 Å². The lowest BCUT2D eigenvalue weighted by atomic mass is 9.77. The Labute approximate surface area is 144 Å². The molecule has 0 aliphatic heterocycles. The third-order valence-corrected chi connectivity index (χ3v) is 4.10. The molecule has 0 aromatic carbocycles. The van der Waals surface area contributed by atoms with Crippen molar-refractivity contribution in [1.29, 1.82) is 0 Å². The summed E-state index contributed by atoms with van der Waals surface area (Å²) in [5.74, 6) is 0.0662. The zero-order valence-corrected chi connectivity index (χ0v) is 17.1. The lowest BCUT2D eigenvalue weighted by molar-refractivity contribution is -0.127. The Kier molecular flexibility index (Phi) is 7.06. The van der Waals surface area contributed by atoms with Crippen molar-refractivity contribution in [3.05, 3.63) is 0 Å². The fourth-order valence-corrected chi connectivity index (χ4v) is 2.82. The van der Waals surface area contributed by atoms with Crippen molar-refractivity contribution in [3.8, 4) is 0 Å². The molecule has 4 heteroatoms. The number of rotatable bonds is 7. The normalized spacial score (nSPS) is 17.0. The summed E-state index contributed by atoms with van der Waals surface area (Å²) in [6.07, 6.45) is 1.47. The van der Waals surface area contributed by atoms with Crippen LogP contribution in [0.3, 0.4) is 0 Å². The van der Waals surface area contributed by atoms with Gasteiger partial charge in [0.15, 0.2) is 5.78 Å². The summed E-state index contributed by atoms with van der Waals surface area (Å²) in [6.45, 7) is 20.7. The summed E-state index contributed by atoms with van der Waals surface area (Å²) >= 11 is 0. The third kappa shape index (κ3) is 8.83. The summed E-state index contributed by atoms with van der Waals surface area (Å²) in [6, 6.07) is -0.327. The maximum Gasteiger partial charge on any atom is 0.168 e. The molecular weight excluding hydrogens is 286 g/mol. The predicted molar refractivity (Wildman–Crippen MR) is 100 cm³/mol. The highest BCUT2D eigenvalue weighted by Gasteiger charge is 2.39. The molecule has 23 heavy (non-hydrogen) atoms. The summed E-state index contributed by atoms with van der Waals surface area (Å²) in [4.78, 5) is 12.9. The van der Waals surface area contributed by atoms with Gasteiger partial charge in [0.05, 0.1) is 11.6 Å². The lowest BCUT2D eigenvalue weighted by Crippen LogP contribution is -2.61. The molecule has 0 saturated heterocycles. The van der Waals surface area contributed by atoms with Crippen molar-refractivity contribution in [2.45, 2.75) is 105 Å². The molecule has 0 aliphatic carbocycles. The molecule has 2 unspecified atom stereocenters. The van der Waals surface area contributed by atoms with Crippen LogP contribution in [0.1, 0.15) is 82.1 Å². The average Bonchev–Trinajstić information content (AvgIpc) is 2.20. The van der Waals surface area contributed by atoms with Crippen LogP contribution in [-0.4, -0.2) is 28.9 Å². The minimum Gasteiger partial charge on any atom is -0.326 e. The fraction of sp³-hybridized carbons (Fsp3) is 0.947. The van der Waals surface area contributed by atoms with E-state index >= 15 is 0 Å². The second kappa shape index (κ2) is 7.20. The molecule has 0 aromatic heterocycles. The van der Waals surface area contributed by atoms with Gasteiger partial charge in [0.1, 0.15) is 0 Å². The van der Waals surface area contributed by atoms with Gasteiger partial charge in [-0.25, -0.2) is 0 Å². The number of nitrogens with one attached hydrogen (secondary N) is 1. The third-order valence-electron chi connectivity index (χ3n) is 4.10. The first-order valence-electron chi connectivity index (χ1n) is 8.72. The quantitative estimate of drug-likeness (QED) is 0.670. The van der Waals surface area contributed by atoms with Crippen LogP contribution in [0.2, 0.25) is 0 Å². The molecule has 0 saturated carbocycles. The number of nitrogens with two attached hydrogens (primary N) is 2. The molecule has 0 aliphatic rings. The molecule has 5 N–H and O–H groups in total. The smallest absolute Gasteiger partial charge is 0.168 e. The van der Waals surface area contributed by atoms with Crippen LogP contribution in [-0.2, 0) is 4.79 Å². The van der Waals surface area contributed by atoms with Gasteiger partial charge >= 0.3 is 0 Å². The van der Waals surface area contributed by atoms with Crippen LogP contribution in [0.4, 0.5) is 0 Å². The Morgan fingerprint density at radius 1 is 0.913 bits per heavy atom. The zero-order chi connectivity index (χ0) is 18.9. The van der Waals surface area contributed by atoms with Crippen molar-refractivity contribution in [1.82, 2.24) is 5.32 Å². The van der Waals surface area contributed by atoms with Gasteiger partial charge in [-0.1, -0.05) is 41.5 Å². The van der Waals surface area contributed by atoms with Crippen LogP contribution >= 0.6 is 0 Å². The number of carbonyl (C=O) groups is 1. The molecule has 138 valence electrons. The first kappa shape index (κ1) is 22.6. The maximum atomic E-state index is 12.9. The van der Waals surface area contributed by atoms with Crippen molar-refractivity contribution in [3.63, 3.8) is 0 Å². The van der Waals surface area contributed by atoms with E-state index in [0.29, 0.717) is 6.42 Å². The highest BCUT2D eigenvalue weighted by molar-refractivity contribution is 5.92. The maximum absolute atomic E-state index is 12.9. The van der Waals surface area contributed by atoms with E-state index in [1.54, 1.807) is 0 Å². The molecule has 4 nitrogen and oxygen atoms in total. The predicted octanol–water partition coefficient (Wildman–Crippen LogP) is 3.23. The van der Waals surface area contributed by atoms with E-state index in [1.807, 2.05) is 27.7 Å². The number of hydrogen-bond acceptors (Lipinski definition) is 4. The molecule has 2 atom stereocenters. The van der Waals surface area contributed by atoms with Crippen LogP contribution in [0, 0.1) is 10.8 Å². The minimum absolute atomic E-state index is 0.00229. The number of ketones is 1. The molecular formula is C19H41N3O. The van der Waals surface area contributed by atoms with Crippen molar-refractivity contribution >= 4 is 5.78 Å². The Morgan fingerprint density at radius 3 is 1.65 bits per heavy atom. The standard InChI is InChI=1S/C19H41N3O/c1-16(2,3)11-13(20)15(23)19(9,10)22-14(17(4,5)6)12-18(7,8)21/h13-14,22H,11-12,20-21H2,1-10H3. The van der Waals surface area contributed by atoms with Crippen molar-refractivity contribution in [2.24, 2.45) is 22.3 Å². The van der Waals surface area contributed by atoms with Crippen molar-refractivity contribution in [2.75, 3.05) is 0 Å². The molecule has 0 bridgehead atoms. The summed E-state index contributed by atoms with van der Waals surface area (Å²) < 4.78 is 0. The summed E-state index contributed by atoms with van der Waals surface area (Å²) in [5, 5.41) is 3.55. The Morgan fingerprint density at radius 2 is 1.35 bits per heavy atom. The Balaban J connectivity index is 5.20. The molecule has 0 heterocycles. The van der Waals surface area contributed by atoms with Gasteiger partial charge in [0.2, 0.25) is 0 Å². The highest BCUT2D eigenvalue weighted by Crippen LogP contribution is 2.29. The van der Waals surface area contributed by atoms with Crippen molar-refractivity contribution < 1.29 is 4.79 Å². The van der Waals surface area contributed by atoms with E-state index in [9.17, 15) is 4.79 Å². The molecule has 0 amide bonds. The van der Waals surface area contributed by atoms with E-state index in [4.69, 9.17) is 11.5 Å². The van der Waals surface area contributed by atoms with E-state index in [-0.39, 0.29) is 28.2 Å². The highest BCUT2D eigenvalue weighted by atomic mass is 16.1. The lowest BCUT2D eigenvalue weighted by Gasteiger charge is -2.42. The zero-order valence-electron chi connectivity index (χ0n) is 17.1. The van der Waals surface area contributed by atoms with Gasteiger partial charge in [-0.3, -0.25) is 4.79 Å². The molecule has 0 rings (SSSR count). The van der Waals surface area contributed by atoms with E-state index < -0.39 is 11.6 Å². The van der Waals surface area contributed by atoms with Gasteiger partial charge in [-0.15, -0.1) is 0 Å². The molecule has 0 fully saturated rings. The topological polar surface area (TPSA) is 81.1 Å². The molecule has 0 radical (unpaired) electrons. The minimum atomic E-state index is -0.673. The SMILES string of the molecule is CC(C)(C)CC(N)C(=O)C(C)(C)NC(CC(C)(C)N)C(C)(C)C. The summed E-state index contributed by atoms with van der Waals surface area (Å²) in [7, 11) is 0. The first-order chi connectivity index (χ1) is 9.85. The Hall–Kier alpha value is -0.450. The van der Waals surface area contributed by atoms with E-state index in [2.05, 4.69) is 46.9 Å². The number of hydrogen-bond donors (Lipinski definition) is 3. The van der Waals surface area contributed by atoms with Gasteiger partial charge in [-0.05, 0) is 51.4 Å². The first-order valence-corrected chi connectivity index (χ1v) is 8.72. The van der Waals surface area contributed by atoms with Crippen LogP contribution < -0.4 is 16.8 Å². The Bertz CT molecular complexity index is 394. The average molecular weight is 328 g/mol.